The summed E-state index contributed by atoms with van der Waals surface area (Å²) in [5.74, 6) is -0.646. The highest BCUT2D eigenvalue weighted by Crippen LogP contribution is 2.34. The van der Waals surface area contributed by atoms with Crippen LogP contribution in [0.5, 0.6) is 0 Å². The highest BCUT2D eigenvalue weighted by molar-refractivity contribution is 6.18. The number of halogens is 2. The van der Waals surface area contributed by atoms with Gasteiger partial charge in [0.25, 0.3) is 0 Å². The predicted octanol–water partition coefficient (Wildman–Crippen LogP) is 6.85. The van der Waals surface area contributed by atoms with Gasteiger partial charge < -0.3 is 25.3 Å². The summed E-state index contributed by atoms with van der Waals surface area (Å²) >= 11 is 11.5. The quantitative estimate of drug-likeness (QED) is 0.0604. The van der Waals surface area contributed by atoms with Gasteiger partial charge in [-0.1, -0.05) is 69.7 Å². The summed E-state index contributed by atoms with van der Waals surface area (Å²) < 4.78 is 0. The van der Waals surface area contributed by atoms with Gasteiger partial charge >= 0.3 is 11.9 Å². The Bertz CT molecular complexity index is 967. The number of carboxylic acids is 2. The third-order valence-electron chi connectivity index (χ3n) is 7.91. The monoisotopic (exact) mass is 657 g/mol. The first-order chi connectivity index (χ1) is 21.1. The molecular weight excluding hydrogens is 605 g/mol. The second-order valence-electron chi connectivity index (χ2n) is 11.5. The van der Waals surface area contributed by atoms with Crippen LogP contribution in [0.15, 0.2) is 36.4 Å². The Hall–Kier alpha value is -2.13. The molecular formula is C34H53Cl2NO7. The third-order valence-corrected chi connectivity index (χ3v) is 8.25. The van der Waals surface area contributed by atoms with Crippen LogP contribution in [0.25, 0.3) is 0 Å². The Kier molecular flexibility index (Phi) is 21.9. The number of aliphatic hydroxyl groups is 2. The van der Waals surface area contributed by atoms with Gasteiger partial charge in [0.2, 0.25) is 0 Å². The van der Waals surface area contributed by atoms with Crippen molar-refractivity contribution in [3.8, 4) is 0 Å². The molecule has 0 bridgehead atoms. The summed E-state index contributed by atoms with van der Waals surface area (Å²) in [5.41, 5.74) is 2.25. The van der Waals surface area contributed by atoms with E-state index in [1.807, 2.05) is 30.3 Å². The molecule has 0 aromatic heterocycles. The van der Waals surface area contributed by atoms with Crippen molar-refractivity contribution < 1.29 is 34.8 Å². The lowest BCUT2D eigenvalue weighted by Crippen LogP contribution is -2.27. The molecule has 0 radical (unpaired) electrons. The summed E-state index contributed by atoms with van der Waals surface area (Å²) in [6.45, 7) is 3.66. The Balaban J connectivity index is 0.000000457. The number of aryl methyl sites for hydroxylation is 1. The van der Waals surface area contributed by atoms with Crippen LogP contribution in [0.4, 0.5) is 5.69 Å². The molecule has 1 aromatic carbocycles. The number of Topliss-reactive ketones (excluding diaryl/α,β-unsaturated/α-hetero) is 1. The van der Waals surface area contributed by atoms with E-state index >= 15 is 0 Å². The molecule has 0 amide bonds. The third kappa shape index (κ3) is 17.4. The minimum Gasteiger partial charge on any atom is -0.481 e. The Morgan fingerprint density at radius 2 is 1.55 bits per heavy atom. The molecule has 0 saturated heterocycles. The van der Waals surface area contributed by atoms with Crippen LogP contribution in [0.2, 0.25) is 0 Å². The zero-order valence-electron chi connectivity index (χ0n) is 26.2. The van der Waals surface area contributed by atoms with Crippen LogP contribution in [0, 0.1) is 11.8 Å². The maximum absolute atomic E-state index is 12.1. The van der Waals surface area contributed by atoms with Gasteiger partial charge in [0.15, 0.2) is 0 Å². The van der Waals surface area contributed by atoms with E-state index in [0.29, 0.717) is 24.6 Å². The zero-order valence-corrected chi connectivity index (χ0v) is 27.7. The van der Waals surface area contributed by atoms with E-state index < -0.39 is 24.1 Å². The largest absolute Gasteiger partial charge is 0.481 e. The Morgan fingerprint density at radius 3 is 2.14 bits per heavy atom. The topological polar surface area (TPSA) is 135 Å². The predicted molar refractivity (Wildman–Crippen MR) is 178 cm³/mol. The number of hydrogen-bond acceptors (Lipinski definition) is 6. The van der Waals surface area contributed by atoms with E-state index in [2.05, 4.69) is 11.8 Å². The van der Waals surface area contributed by atoms with Crippen LogP contribution in [-0.4, -0.2) is 75.2 Å². The Labute approximate surface area is 273 Å². The van der Waals surface area contributed by atoms with Gasteiger partial charge in [-0.2, -0.15) is 0 Å². The van der Waals surface area contributed by atoms with E-state index in [0.717, 1.165) is 82.1 Å². The van der Waals surface area contributed by atoms with E-state index in [9.17, 15) is 24.6 Å². The lowest BCUT2D eigenvalue weighted by atomic mass is 9.88. The highest BCUT2D eigenvalue weighted by Gasteiger charge is 2.39. The minimum absolute atomic E-state index is 0.105. The number of anilines is 1. The molecule has 0 aliphatic heterocycles. The number of nitrogens with zero attached hydrogens (tertiary/aromatic N) is 1. The van der Waals surface area contributed by atoms with Crippen LogP contribution >= 0.6 is 23.2 Å². The molecule has 250 valence electrons. The second kappa shape index (κ2) is 24.1. The number of aliphatic hydroxyl groups excluding tert-OH is 2. The van der Waals surface area contributed by atoms with Crippen LogP contribution < -0.4 is 4.90 Å². The van der Waals surface area contributed by atoms with Gasteiger partial charge in [-0.25, -0.2) is 0 Å². The zero-order chi connectivity index (χ0) is 32.7. The van der Waals surface area contributed by atoms with Crippen molar-refractivity contribution in [2.24, 2.45) is 11.8 Å². The highest BCUT2D eigenvalue weighted by atomic mass is 35.5. The average Bonchev–Trinajstić information content (AvgIpc) is 3.25. The fourth-order valence-corrected chi connectivity index (χ4v) is 5.84. The summed E-state index contributed by atoms with van der Waals surface area (Å²) in [4.78, 5) is 35.2. The van der Waals surface area contributed by atoms with Gasteiger partial charge in [-0.05, 0) is 49.8 Å². The number of unbranched alkanes of at least 4 members (excludes halogenated alkanes) is 5. The molecule has 10 heteroatoms. The van der Waals surface area contributed by atoms with E-state index in [4.69, 9.17) is 33.4 Å². The first-order valence-corrected chi connectivity index (χ1v) is 17.2. The molecule has 0 heterocycles. The van der Waals surface area contributed by atoms with Crippen LogP contribution in [0.3, 0.4) is 0 Å². The van der Waals surface area contributed by atoms with E-state index in [1.165, 1.54) is 0 Å². The molecule has 1 saturated carbocycles. The van der Waals surface area contributed by atoms with Crippen LogP contribution in [0.1, 0.15) is 96.0 Å². The summed E-state index contributed by atoms with van der Waals surface area (Å²) in [6, 6.07) is 8.14. The molecule has 1 fully saturated rings. The molecule has 1 aliphatic carbocycles. The second-order valence-corrected chi connectivity index (χ2v) is 12.3. The number of alkyl halides is 2. The number of benzene rings is 1. The molecule has 1 aliphatic rings. The number of carbonyl (C=O) groups excluding carboxylic acids is 1. The van der Waals surface area contributed by atoms with E-state index in [1.54, 1.807) is 6.08 Å². The lowest BCUT2D eigenvalue weighted by molar-refractivity contribution is -0.138. The van der Waals surface area contributed by atoms with Gasteiger partial charge in [0.1, 0.15) is 5.78 Å². The van der Waals surface area contributed by atoms with Crippen molar-refractivity contribution in [1.82, 2.24) is 0 Å². The normalized spacial score (nSPS) is 18.7. The van der Waals surface area contributed by atoms with Gasteiger partial charge in [0, 0.05) is 61.6 Å². The number of rotatable bonds is 22. The molecule has 0 spiro atoms. The maximum Gasteiger partial charge on any atom is 0.303 e. The molecule has 2 rings (SSSR count). The lowest BCUT2D eigenvalue weighted by Gasteiger charge is -2.23. The molecule has 0 unspecified atom stereocenters. The molecule has 8 nitrogen and oxygen atoms in total. The van der Waals surface area contributed by atoms with Crippen molar-refractivity contribution in [1.29, 1.82) is 0 Å². The van der Waals surface area contributed by atoms with Crippen molar-refractivity contribution in [2.45, 2.75) is 109 Å². The Morgan fingerprint density at radius 1 is 0.932 bits per heavy atom. The van der Waals surface area contributed by atoms with Crippen molar-refractivity contribution in [3.63, 3.8) is 0 Å². The number of carbonyl (C=O) groups is 3. The minimum atomic E-state index is -0.767. The smallest absolute Gasteiger partial charge is 0.303 e. The SMILES string of the molecule is CCCCC[C@H](O)/C=C/[C@H]1[C@H](O)CC(=O)[C@@H]1CCCCCCC(=O)O.O=C(O)CCCc1ccc(N(CCCl)CCCl)cc1. The first-order valence-electron chi connectivity index (χ1n) is 16.1. The molecule has 44 heavy (non-hydrogen) atoms. The van der Waals surface area contributed by atoms with Gasteiger partial charge in [0.05, 0.1) is 12.2 Å². The number of aliphatic carboxylic acids is 2. The summed E-state index contributed by atoms with van der Waals surface area (Å²) in [7, 11) is 0. The number of carboxylic acid groups (broad SMARTS) is 2. The van der Waals surface area contributed by atoms with Gasteiger partial charge in [-0.15, -0.1) is 23.2 Å². The van der Waals surface area contributed by atoms with Crippen LogP contribution in [-0.2, 0) is 20.8 Å². The number of hydrogen-bond donors (Lipinski definition) is 4. The molecule has 4 N–H and O–H groups in total. The standard InChI is InChI=1S/C20H34O5.C14H19Cl2NO2/c1-2-3-6-9-15(21)12-13-17-16(18(22)14-19(17)23)10-7-4-5-8-11-20(24)25;15-8-10-17(11-9-16)13-6-4-12(5-7-13)2-1-3-14(18)19/h12-13,15-17,19,21,23H,2-11,14H2,1H3,(H,24,25);4-7H,1-3,8-11H2,(H,18,19)/b13-12+;/t15-,16+,17+,19+;/m0./s1. The summed E-state index contributed by atoms with van der Waals surface area (Å²) in [5, 5.41) is 37.3. The van der Waals surface area contributed by atoms with Crippen molar-refractivity contribution >= 4 is 46.6 Å². The fourth-order valence-electron chi connectivity index (χ4n) is 5.43. The van der Waals surface area contributed by atoms with E-state index in [-0.39, 0.29) is 36.9 Å². The molecule has 1 aromatic rings. The summed E-state index contributed by atoms with van der Waals surface area (Å²) in [6.07, 6.45) is 12.4. The van der Waals surface area contributed by atoms with Crippen molar-refractivity contribution in [2.75, 3.05) is 29.7 Å². The van der Waals surface area contributed by atoms with Gasteiger partial charge in [-0.3, -0.25) is 14.4 Å². The van der Waals surface area contributed by atoms with Crippen molar-refractivity contribution in [3.05, 3.63) is 42.0 Å². The first kappa shape index (κ1) is 39.9. The fraction of sp³-hybridized carbons (Fsp3) is 0.676. The molecule has 4 atom stereocenters. The number of ketones is 1. The maximum atomic E-state index is 12.1. The average molecular weight is 659 g/mol.